The van der Waals surface area contributed by atoms with E-state index in [1.807, 2.05) is 66.2 Å². The summed E-state index contributed by atoms with van der Waals surface area (Å²) in [4.78, 5) is 21.0. The van der Waals surface area contributed by atoms with Gasteiger partial charge in [-0.15, -0.1) is 12.4 Å². The van der Waals surface area contributed by atoms with Crippen LogP contribution in [-0.2, 0) is 4.79 Å². The number of amides is 1. The van der Waals surface area contributed by atoms with Crippen LogP contribution in [0.5, 0.6) is 11.5 Å². The molecule has 0 spiro atoms. The minimum absolute atomic E-state index is 0. The van der Waals surface area contributed by atoms with Crippen molar-refractivity contribution in [3.63, 3.8) is 0 Å². The second-order valence-electron chi connectivity index (χ2n) is 9.22. The van der Waals surface area contributed by atoms with E-state index in [0.29, 0.717) is 12.2 Å². The van der Waals surface area contributed by atoms with Crippen molar-refractivity contribution in [2.45, 2.75) is 57.2 Å². The molecule has 4 aromatic rings. The molecular weight excluding hydrogens is 490 g/mol. The molecule has 1 fully saturated rings. The molecule has 0 radical (unpaired) electrons. The summed E-state index contributed by atoms with van der Waals surface area (Å²) in [6.07, 6.45) is 5.57. The molecule has 2 heterocycles. The number of aromatic nitrogens is 4. The summed E-state index contributed by atoms with van der Waals surface area (Å²) < 4.78 is 7.91. The van der Waals surface area contributed by atoms with Crippen molar-refractivity contribution in [1.29, 1.82) is 0 Å². The molecule has 5 N–H and O–H groups in total. The first kappa shape index (κ1) is 26.4. The average molecular weight is 522 g/mol. The van der Waals surface area contributed by atoms with Gasteiger partial charge in [0.05, 0.1) is 17.5 Å². The van der Waals surface area contributed by atoms with Crippen molar-refractivity contribution in [1.82, 2.24) is 25.1 Å². The van der Waals surface area contributed by atoms with Crippen LogP contribution in [0.25, 0.3) is 22.3 Å². The number of ether oxygens (including phenoxy) is 1. The quantitative estimate of drug-likeness (QED) is 0.323. The SMILES string of the molecule is CC[C@H](N)C(=O)NC1CCC(n2nc(-c3ccc(Oc4ccccc4)cc3)c3c(N)ncnc32)CC1.Cl. The fourth-order valence-corrected chi connectivity index (χ4v) is 4.72. The predicted octanol–water partition coefficient (Wildman–Crippen LogP) is 4.63. The van der Waals surface area contributed by atoms with E-state index in [9.17, 15) is 4.79 Å². The largest absolute Gasteiger partial charge is 0.457 e. The second-order valence-corrected chi connectivity index (χ2v) is 9.22. The number of benzene rings is 2. The summed E-state index contributed by atoms with van der Waals surface area (Å²) in [5.74, 6) is 1.84. The third-order valence-corrected chi connectivity index (χ3v) is 6.79. The van der Waals surface area contributed by atoms with Gasteiger partial charge in [-0.25, -0.2) is 14.6 Å². The van der Waals surface area contributed by atoms with E-state index in [-0.39, 0.29) is 30.4 Å². The number of nitrogens with zero attached hydrogens (tertiary/aromatic N) is 4. The molecule has 1 amide bonds. The van der Waals surface area contributed by atoms with E-state index >= 15 is 0 Å². The van der Waals surface area contributed by atoms with Crippen LogP contribution in [0.2, 0.25) is 0 Å². The molecule has 2 aromatic heterocycles. The zero-order valence-corrected chi connectivity index (χ0v) is 21.5. The zero-order chi connectivity index (χ0) is 25.1. The summed E-state index contributed by atoms with van der Waals surface area (Å²) in [6.45, 7) is 1.92. The molecule has 9 nitrogen and oxygen atoms in total. The summed E-state index contributed by atoms with van der Waals surface area (Å²) in [6, 6.07) is 17.3. The van der Waals surface area contributed by atoms with Gasteiger partial charge in [-0.1, -0.05) is 25.1 Å². The van der Waals surface area contributed by atoms with Crippen LogP contribution < -0.4 is 21.5 Å². The van der Waals surface area contributed by atoms with E-state index in [1.165, 1.54) is 6.33 Å². The highest BCUT2D eigenvalue weighted by atomic mass is 35.5. The van der Waals surface area contributed by atoms with Crippen LogP contribution in [0.4, 0.5) is 5.82 Å². The lowest BCUT2D eigenvalue weighted by atomic mass is 9.91. The average Bonchev–Trinajstić information content (AvgIpc) is 3.30. The van der Waals surface area contributed by atoms with Crippen LogP contribution in [-0.4, -0.2) is 37.7 Å². The molecule has 0 saturated heterocycles. The van der Waals surface area contributed by atoms with Gasteiger partial charge in [0.2, 0.25) is 5.91 Å². The van der Waals surface area contributed by atoms with E-state index in [1.54, 1.807) is 0 Å². The molecule has 0 unspecified atom stereocenters. The third-order valence-electron chi connectivity index (χ3n) is 6.79. The summed E-state index contributed by atoms with van der Waals surface area (Å²) in [5, 5.41) is 8.81. The van der Waals surface area contributed by atoms with Crippen molar-refractivity contribution in [3.05, 3.63) is 60.9 Å². The Morgan fingerprint density at radius 3 is 2.41 bits per heavy atom. The Bertz CT molecular complexity index is 1340. The Labute approximate surface area is 222 Å². The maximum absolute atomic E-state index is 12.2. The summed E-state index contributed by atoms with van der Waals surface area (Å²) in [7, 11) is 0. The Morgan fingerprint density at radius 1 is 1.05 bits per heavy atom. The first-order chi connectivity index (χ1) is 17.5. The zero-order valence-electron chi connectivity index (χ0n) is 20.7. The van der Waals surface area contributed by atoms with Crippen LogP contribution >= 0.6 is 12.4 Å². The fraction of sp³-hybridized carbons (Fsp3) is 0.333. The van der Waals surface area contributed by atoms with Gasteiger partial charge in [-0.2, -0.15) is 5.10 Å². The Hall–Kier alpha value is -3.69. The van der Waals surface area contributed by atoms with Gasteiger partial charge >= 0.3 is 0 Å². The third kappa shape index (κ3) is 5.68. The normalized spacial score (nSPS) is 18.1. The van der Waals surface area contributed by atoms with Crippen LogP contribution in [0, 0.1) is 0 Å². The minimum Gasteiger partial charge on any atom is -0.457 e. The van der Waals surface area contributed by atoms with Gasteiger partial charge in [0, 0.05) is 11.6 Å². The van der Waals surface area contributed by atoms with Gasteiger partial charge in [0.25, 0.3) is 0 Å². The maximum Gasteiger partial charge on any atom is 0.237 e. The topological polar surface area (TPSA) is 134 Å². The number of para-hydroxylation sites is 1. The van der Waals surface area contributed by atoms with Crippen LogP contribution in [0.1, 0.15) is 45.1 Å². The molecular formula is C27H32ClN7O2. The Morgan fingerprint density at radius 2 is 1.73 bits per heavy atom. The lowest BCUT2D eigenvalue weighted by molar-refractivity contribution is -0.123. The number of anilines is 1. The summed E-state index contributed by atoms with van der Waals surface area (Å²) in [5.41, 5.74) is 14.6. The predicted molar refractivity (Wildman–Crippen MR) is 147 cm³/mol. The first-order valence-electron chi connectivity index (χ1n) is 12.4. The molecule has 1 atom stereocenters. The molecule has 0 aliphatic heterocycles. The smallest absolute Gasteiger partial charge is 0.237 e. The minimum atomic E-state index is -0.454. The van der Waals surface area contributed by atoms with Crippen molar-refractivity contribution in [2.24, 2.45) is 5.73 Å². The van der Waals surface area contributed by atoms with Crippen molar-refractivity contribution >= 4 is 35.2 Å². The maximum atomic E-state index is 12.2. The number of rotatable bonds is 7. The molecule has 10 heteroatoms. The van der Waals surface area contributed by atoms with E-state index in [0.717, 1.165) is 59.5 Å². The molecule has 37 heavy (non-hydrogen) atoms. The van der Waals surface area contributed by atoms with Gasteiger partial charge in [-0.05, 0) is 68.5 Å². The van der Waals surface area contributed by atoms with Crippen LogP contribution in [0.15, 0.2) is 60.9 Å². The number of halogens is 1. The van der Waals surface area contributed by atoms with E-state index in [4.69, 9.17) is 21.3 Å². The Balaban J connectivity index is 0.00000320. The lowest BCUT2D eigenvalue weighted by Gasteiger charge is -2.30. The van der Waals surface area contributed by atoms with Crippen molar-refractivity contribution in [3.8, 4) is 22.8 Å². The van der Waals surface area contributed by atoms with E-state index in [2.05, 4.69) is 15.3 Å². The lowest BCUT2D eigenvalue weighted by Crippen LogP contribution is -2.46. The van der Waals surface area contributed by atoms with Gasteiger partial charge in [0.15, 0.2) is 5.65 Å². The second kappa shape index (κ2) is 11.6. The molecule has 0 bridgehead atoms. The number of hydrogen-bond acceptors (Lipinski definition) is 7. The molecule has 2 aromatic carbocycles. The number of nitrogens with two attached hydrogens (primary N) is 2. The van der Waals surface area contributed by atoms with Crippen molar-refractivity contribution in [2.75, 3.05) is 5.73 Å². The molecule has 1 aliphatic carbocycles. The standard InChI is InChI=1S/C27H31N7O2.ClH/c1-2-22(28)27(35)32-18-10-12-19(13-11-18)34-26-23(25(29)30-16-31-26)24(33-34)17-8-14-21(15-9-17)36-20-6-4-3-5-7-20;/h3-9,14-16,18-19,22H,2,10-13,28H2,1H3,(H,32,35)(H2,29,30,31);1H/t18?,19?,22-;/m0./s1. The monoisotopic (exact) mass is 521 g/mol. The fourth-order valence-electron chi connectivity index (χ4n) is 4.72. The van der Waals surface area contributed by atoms with Gasteiger partial charge < -0.3 is 21.5 Å². The van der Waals surface area contributed by atoms with Crippen molar-refractivity contribution < 1.29 is 9.53 Å². The number of nitrogens with one attached hydrogen (secondary N) is 1. The number of nitrogen functional groups attached to an aromatic ring is 1. The van der Waals surface area contributed by atoms with Crippen LogP contribution in [0.3, 0.4) is 0 Å². The number of carbonyl (C=O) groups is 1. The molecule has 1 aliphatic rings. The highest BCUT2D eigenvalue weighted by Crippen LogP contribution is 2.36. The molecule has 194 valence electrons. The molecule has 5 rings (SSSR count). The first-order valence-corrected chi connectivity index (χ1v) is 12.4. The Kier molecular flexibility index (Phi) is 8.25. The molecule has 1 saturated carbocycles. The van der Waals surface area contributed by atoms with Gasteiger partial charge in [0.1, 0.15) is 29.3 Å². The number of hydrogen-bond donors (Lipinski definition) is 3. The van der Waals surface area contributed by atoms with Gasteiger partial charge in [-0.3, -0.25) is 4.79 Å². The highest BCUT2D eigenvalue weighted by Gasteiger charge is 2.28. The highest BCUT2D eigenvalue weighted by molar-refractivity contribution is 5.98. The number of fused-ring (bicyclic) bond motifs is 1. The van der Waals surface area contributed by atoms with E-state index < -0.39 is 6.04 Å². The summed E-state index contributed by atoms with van der Waals surface area (Å²) >= 11 is 0. The number of carbonyl (C=O) groups excluding carboxylic acids is 1.